The second-order valence-corrected chi connectivity index (χ2v) is 3.82. The lowest BCUT2D eigenvalue weighted by molar-refractivity contribution is 0.164. The topological polar surface area (TPSA) is 50.1 Å². The molecule has 2 N–H and O–H groups in total. The summed E-state index contributed by atoms with van der Waals surface area (Å²) in [7, 11) is 0. The van der Waals surface area contributed by atoms with E-state index in [4.69, 9.17) is 0 Å². The van der Waals surface area contributed by atoms with E-state index in [0.717, 1.165) is 13.0 Å². The first-order chi connectivity index (χ1) is 7.17. The zero-order valence-electron chi connectivity index (χ0n) is 9.77. The Morgan fingerprint density at radius 3 is 2.80 bits per heavy atom. The van der Waals surface area contributed by atoms with Gasteiger partial charge in [0.05, 0.1) is 12.3 Å². The van der Waals surface area contributed by atoms with Gasteiger partial charge in [-0.2, -0.15) is 5.10 Å². The molecule has 0 saturated heterocycles. The van der Waals surface area contributed by atoms with E-state index in [2.05, 4.69) is 24.3 Å². The van der Waals surface area contributed by atoms with E-state index in [1.54, 1.807) is 0 Å². The summed E-state index contributed by atoms with van der Waals surface area (Å²) in [5, 5.41) is 16.9. The predicted molar refractivity (Wildman–Crippen MR) is 60.6 cm³/mol. The van der Waals surface area contributed by atoms with Crippen molar-refractivity contribution in [1.82, 2.24) is 15.1 Å². The Morgan fingerprint density at radius 2 is 2.27 bits per heavy atom. The van der Waals surface area contributed by atoms with E-state index < -0.39 is 0 Å². The average Bonchev–Trinajstić information content (AvgIpc) is 2.73. The normalized spacial score (nSPS) is 15.2. The van der Waals surface area contributed by atoms with Gasteiger partial charge in [0.1, 0.15) is 0 Å². The van der Waals surface area contributed by atoms with Gasteiger partial charge in [-0.05, 0) is 20.3 Å². The SMILES string of the molecule is CCC(O)CNC(C)c1cnn(CC)c1. The highest BCUT2D eigenvalue weighted by Crippen LogP contribution is 2.10. The first-order valence-corrected chi connectivity index (χ1v) is 5.61. The second-order valence-electron chi connectivity index (χ2n) is 3.82. The van der Waals surface area contributed by atoms with Gasteiger partial charge in [0.25, 0.3) is 0 Å². The zero-order chi connectivity index (χ0) is 11.3. The van der Waals surface area contributed by atoms with Gasteiger partial charge in [-0.25, -0.2) is 0 Å². The third kappa shape index (κ3) is 3.64. The molecule has 0 aromatic carbocycles. The lowest BCUT2D eigenvalue weighted by Crippen LogP contribution is -2.28. The van der Waals surface area contributed by atoms with Gasteiger partial charge >= 0.3 is 0 Å². The minimum absolute atomic E-state index is 0.242. The van der Waals surface area contributed by atoms with Crippen LogP contribution in [0.15, 0.2) is 12.4 Å². The van der Waals surface area contributed by atoms with Gasteiger partial charge in [0.2, 0.25) is 0 Å². The summed E-state index contributed by atoms with van der Waals surface area (Å²) < 4.78 is 1.91. The molecule has 2 atom stereocenters. The van der Waals surface area contributed by atoms with Crippen LogP contribution in [0.2, 0.25) is 0 Å². The third-order valence-electron chi connectivity index (χ3n) is 2.61. The van der Waals surface area contributed by atoms with Crippen molar-refractivity contribution in [3.8, 4) is 0 Å². The minimum Gasteiger partial charge on any atom is -0.392 e. The average molecular weight is 211 g/mol. The van der Waals surface area contributed by atoms with Gasteiger partial charge in [0, 0.05) is 30.9 Å². The maximum atomic E-state index is 9.42. The fourth-order valence-electron chi connectivity index (χ4n) is 1.35. The van der Waals surface area contributed by atoms with Gasteiger partial charge in [-0.3, -0.25) is 4.68 Å². The van der Waals surface area contributed by atoms with Crippen molar-refractivity contribution in [2.45, 2.75) is 45.9 Å². The first-order valence-electron chi connectivity index (χ1n) is 5.61. The Hall–Kier alpha value is -0.870. The molecule has 1 rings (SSSR count). The molecule has 86 valence electrons. The lowest BCUT2D eigenvalue weighted by Gasteiger charge is -2.14. The van der Waals surface area contributed by atoms with Crippen LogP contribution in [-0.2, 0) is 6.54 Å². The highest BCUT2D eigenvalue weighted by Gasteiger charge is 2.08. The first kappa shape index (κ1) is 12.2. The molecule has 1 heterocycles. The third-order valence-corrected chi connectivity index (χ3v) is 2.61. The summed E-state index contributed by atoms with van der Waals surface area (Å²) in [4.78, 5) is 0. The standard InChI is InChI=1S/C11H21N3O/c1-4-11(15)7-12-9(3)10-6-13-14(5-2)8-10/h6,8-9,11-12,15H,4-5,7H2,1-3H3. The molecule has 1 aromatic rings. The highest BCUT2D eigenvalue weighted by molar-refractivity contribution is 5.09. The van der Waals surface area contributed by atoms with E-state index >= 15 is 0 Å². The van der Waals surface area contributed by atoms with Gasteiger partial charge in [0.15, 0.2) is 0 Å². The fourth-order valence-corrected chi connectivity index (χ4v) is 1.35. The number of aromatic nitrogens is 2. The van der Waals surface area contributed by atoms with Gasteiger partial charge in [-0.1, -0.05) is 6.92 Å². The maximum absolute atomic E-state index is 9.42. The Morgan fingerprint density at radius 1 is 1.53 bits per heavy atom. The Balaban J connectivity index is 2.42. The zero-order valence-corrected chi connectivity index (χ0v) is 9.77. The minimum atomic E-state index is -0.256. The molecule has 4 heteroatoms. The quantitative estimate of drug-likeness (QED) is 0.746. The van der Waals surface area contributed by atoms with Crippen LogP contribution in [0, 0.1) is 0 Å². The molecular formula is C11H21N3O. The van der Waals surface area contributed by atoms with Crippen molar-refractivity contribution >= 4 is 0 Å². The number of nitrogens with one attached hydrogen (secondary N) is 1. The summed E-state index contributed by atoms with van der Waals surface area (Å²) in [5.41, 5.74) is 1.17. The molecule has 0 radical (unpaired) electrons. The lowest BCUT2D eigenvalue weighted by atomic mass is 10.2. The van der Waals surface area contributed by atoms with Crippen LogP contribution in [0.25, 0.3) is 0 Å². The molecule has 0 bridgehead atoms. The molecule has 0 saturated carbocycles. The Labute approximate surface area is 91.3 Å². The summed E-state index contributed by atoms with van der Waals surface area (Å²) in [6.07, 6.45) is 4.44. The van der Waals surface area contributed by atoms with Crippen LogP contribution in [0.5, 0.6) is 0 Å². The summed E-state index contributed by atoms with van der Waals surface area (Å²) in [6.45, 7) is 7.65. The smallest absolute Gasteiger partial charge is 0.0662 e. The van der Waals surface area contributed by atoms with E-state index in [0.29, 0.717) is 6.54 Å². The number of nitrogens with zero attached hydrogens (tertiary/aromatic N) is 2. The molecule has 0 aliphatic carbocycles. The summed E-state index contributed by atoms with van der Waals surface area (Å²) in [5.74, 6) is 0. The van der Waals surface area contributed by atoms with Crippen LogP contribution < -0.4 is 5.32 Å². The van der Waals surface area contributed by atoms with Crippen molar-refractivity contribution in [2.24, 2.45) is 0 Å². The summed E-state index contributed by atoms with van der Waals surface area (Å²) >= 11 is 0. The molecule has 2 unspecified atom stereocenters. The molecule has 0 spiro atoms. The molecule has 0 fully saturated rings. The monoisotopic (exact) mass is 211 g/mol. The van der Waals surface area contributed by atoms with Gasteiger partial charge in [-0.15, -0.1) is 0 Å². The van der Waals surface area contributed by atoms with Crippen molar-refractivity contribution < 1.29 is 5.11 Å². The number of rotatable bonds is 6. The largest absolute Gasteiger partial charge is 0.392 e. The fraction of sp³-hybridized carbons (Fsp3) is 0.727. The van der Waals surface area contributed by atoms with Crippen molar-refractivity contribution in [1.29, 1.82) is 0 Å². The number of hydrogen-bond donors (Lipinski definition) is 2. The van der Waals surface area contributed by atoms with Crippen molar-refractivity contribution in [2.75, 3.05) is 6.54 Å². The maximum Gasteiger partial charge on any atom is 0.0662 e. The second kappa shape index (κ2) is 5.88. The van der Waals surface area contributed by atoms with Crippen LogP contribution in [0.3, 0.4) is 0 Å². The number of aliphatic hydroxyl groups excluding tert-OH is 1. The highest BCUT2D eigenvalue weighted by atomic mass is 16.3. The van der Waals surface area contributed by atoms with E-state index in [1.807, 2.05) is 24.0 Å². The Bertz CT molecular complexity index is 285. The van der Waals surface area contributed by atoms with E-state index in [1.165, 1.54) is 5.56 Å². The van der Waals surface area contributed by atoms with Crippen LogP contribution in [-0.4, -0.2) is 27.5 Å². The number of aryl methyl sites for hydroxylation is 1. The van der Waals surface area contributed by atoms with E-state index in [9.17, 15) is 5.11 Å². The molecule has 4 nitrogen and oxygen atoms in total. The molecule has 1 aromatic heterocycles. The molecule has 0 amide bonds. The number of hydrogen-bond acceptors (Lipinski definition) is 3. The molecule has 15 heavy (non-hydrogen) atoms. The van der Waals surface area contributed by atoms with Gasteiger partial charge < -0.3 is 10.4 Å². The molecular weight excluding hydrogens is 190 g/mol. The van der Waals surface area contributed by atoms with E-state index in [-0.39, 0.29) is 12.1 Å². The van der Waals surface area contributed by atoms with Crippen LogP contribution in [0.1, 0.15) is 38.8 Å². The Kier molecular flexibility index (Phi) is 4.78. The van der Waals surface area contributed by atoms with Crippen LogP contribution >= 0.6 is 0 Å². The van der Waals surface area contributed by atoms with Crippen molar-refractivity contribution in [3.05, 3.63) is 18.0 Å². The number of aliphatic hydroxyl groups is 1. The molecule has 0 aliphatic heterocycles. The van der Waals surface area contributed by atoms with Crippen molar-refractivity contribution in [3.63, 3.8) is 0 Å². The predicted octanol–water partition coefficient (Wildman–Crippen LogP) is 1.32. The summed E-state index contributed by atoms with van der Waals surface area (Å²) in [6, 6.07) is 0.242. The molecule has 0 aliphatic rings. The van der Waals surface area contributed by atoms with Crippen LogP contribution in [0.4, 0.5) is 0 Å².